The first kappa shape index (κ1) is 29.3. The van der Waals surface area contributed by atoms with E-state index in [1.165, 1.54) is 0 Å². The van der Waals surface area contributed by atoms with Crippen LogP contribution in [0.3, 0.4) is 0 Å². The molecule has 2 fully saturated rings. The summed E-state index contributed by atoms with van der Waals surface area (Å²) in [5.41, 5.74) is 2.77. The molecule has 2 saturated heterocycles. The molecule has 2 aliphatic rings. The number of carbonyl (C=O) groups excluding carboxylic acids is 2. The van der Waals surface area contributed by atoms with Gasteiger partial charge >= 0.3 is 12.0 Å². The van der Waals surface area contributed by atoms with Crippen molar-refractivity contribution in [2.45, 2.75) is 46.3 Å². The van der Waals surface area contributed by atoms with E-state index in [4.69, 9.17) is 19.2 Å². The fraction of sp³-hybridized carbons (Fsp3) is 0.552. The third-order valence-corrected chi connectivity index (χ3v) is 7.15. The maximum atomic E-state index is 13.5. The molecule has 0 bridgehead atoms. The third kappa shape index (κ3) is 6.88. The zero-order chi connectivity index (χ0) is 29.0. The molecule has 1 aromatic heterocycles. The van der Waals surface area contributed by atoms with Crippen LogP contribution >= 0.6 is 0 Å². The van der Waals surface area contributed by atoms with Crippen LogP contribution in [0.5, 0.6) is 11.5 Å². The first-order chi connectivity index (χ1) is 19.0. The number of methoxy groups -OCH3 is 2. The van der Waals surface area contributed by atoms with Gasteiger partial charge in [-0.2, -0.15) is 0 Å². The summed E-state index contributed by atoms with van der Waals surface area (Å²) in [6, 6.07) is 6.97. The van der Waals surface area contributed by atoms with E-state index >= 15 is 0 Å². The van der Waals surface area contributed by atoms with Gasteiger partial charge in [0.05, 0.1) is 19.9 Å². The van der Waals surface area contributed by atoms with Gasteiger partial charge in [0.1, 0.15) is 23.1 Å². The average Bonchev–Trinajstić information content (AvgIpc) is 2.93. The number of rotatable bonds is 6. The molecular weight excluding hydrogens is 512 g/mol. The van der Waals surface area contributed by atoms with Crippen LogP contribution in [0.4, 0.5) is 22.0 Å². The van der Waals surface area contributed by atoms with Crippen molar-refractivity contribution in [1.82, 2.24) is 15.2 Å². The molecule has 11 nitrogen and oxygen atoms in total. The fourth-order valence-electron chi connectivity index (χ4n) is 4.88. The van der Waals surface area contributed by atoms with Gasteiger partial charge < -0.3 is 39.5 Å². The number of hydrogen-bond acceptors (Lipinski definition) is 9. The van der Waals surface area contributed by atoms with Crippen molar-refractivity contribution in [2.75, 3.05) is 75.1 Å². The predicted octanol–water partition coefficient (Wildman–Crippen LogP) is 3.19. The Labute approximate surface area is 236 Å². The Bertz CT molecular complexity index is 1200. The minimum atomic E-state index is -0.605. The van der Waals surface area contributed by atoms with Crippen molar-refractivity contribution in [3.8, 4) is 11.5 Å². The molecule has 4 rings (SSSR count). The highest BCUT2D eigenvalue weighted by Gasteiger charge is 2.35. The van der Waals surface area contributed by atoms with Crippen LogP contribution in [0.25, 0.3) is 0 Å². The first-order valence-electron chi connectivity index (χ1n) is 13.7. The Balaban J connectivity index is 1.50. The van der Waals surface area contributed by atoms with Gasteiger partial charge in [-0.1, -0.05) is 0 Å². The van der Waals surface area contributed by atoms with Crippen LogP contribution in [0.2, 0.25) is 0 Å². The second-order valence-corrected chi connectivity index (χ2v) is 11.2. The van der Waals surface area contributed by atoms with Gasteiger partial charge in [0.2, 0.25) is 0 Å². The van der Waals surface area contributed by atoms with Crippen LogP contribution in [0.1, 0.15) is 32.0 Å². The van der Waals surface area contributed by atoms with Crippen LogP contribution in [0, 0.1) is 13.8 Å². The number of ether oxygens (including phenoxy) is 3. The highest BCUT2D eigenvalue weighted by atomic mass is 16.6. The SMILES string of the molecule is COc1cc(OC)cc(N2CCN(C(=O)Nc3cc(C)c(C)nc3N3CCNCC3C(=O)OC(C)(C)C)CC2)c1. The number of hydrogen-bond donors (Lipinski definition) is 2. The Hall–Kier alpha value is -3.73. The van der Waals surface area contributed by atoms with E-state index in [1.54, 1.807) is 19.1 Å². The van der Waals surface area contributed by atoms with Gasteiger partial charge in [-0.05, 0) is 46.2 Å². The van der Waals surface area contributed by atoms with Gasteiger partial charge in [0.25, 0.3) is 0 Å². The summed E-state index contributed by atoms with van der Waals surface area (Å²) in [6.07, 6.45) is 0. The number of pyridine rings is 1. The van der Waals surface area contributed by atoms with Crippen LogP contribution in [0.15, 0.2) is 24.3 Å². The average molecular weight is 555 g/mol. The van der Waals surface area contributed by atoms with Crippen molar-refractivity contribution in [3.63, 3.8) is 0 Å². The summed E-state index contributed by atoms with van der Waals surface area (Å²) in [5, 5.41) is 6.38. The van der Waals surface area contributed by atoms with E-state index < -0.39 is 11.6 Å². The lowest BCUT2D eigenvalue weighted by atomic mass is 10.1. The zero-order valence-corrected chi connectivity index (χ0v) is 24.7. The van der Waals surface area contributed by atoms with Gasteiger partial charge in [-0.15, -0.1) is 0 Å². The number of esters is 1. The highest BCUT2D eigenvalue weighted by molar-refractivity contribution is 5.94. The Morgan fingerprint density at radius 3 is 2.23 bits per heavy atom. The standard InChI is InChI=1S/C29H42N6O5/c1-19-14-24(26(31-20(19)2)35-9-8-30-18-25(35)27(36)40-29(3,4)5)32-28(37)34-12-10-33(11-13-34)21-15-22(38-6)17-23(16-21)39-7/h14-17,25,30H,8-13,18H2,1-7H3,(H,32,37). The molecule has 0 spiro atoms. The summed E-state index contributed by atoms with van der Waals surface area (Å²) in [4.78, 5) is 37.4. The molecule has 0 saturated carbocycles. The van der Waals surface area contributed by atoms with Gasteiger partial charge in [-0.3, -0.25) is 0 Å². The van der Waals surface area contributed by atoms with E-state index in [-0.39, 0.29) is 12.0 Å². The van der Waals surface area contributed by atoms with E-state index in [0.717, 1.165) is 28.4 Å². The lowest BCUT2D eigenvalue weighted by Crippen LogP contribution is -2.57. The van der Waals surface area contributed by atoms with Crippen LogP contribution in [-0.4, -0.2) is 93.6 Å². The smallest absolute Gasteiger partial charge is 0.330 e. The van der Waals surface area contributed by atoms with Crippen molar-refractivity contribution in [1.29, 1.82) is 0 Å². The number of amides is 2. The number of benzene rings is 1. The maximum absolute atomic E-state index is 13.5. The molecule has 2 N–H and O–H groups in total. The minimum absolute atomic E-state index is 0.196. The number of piperazine rings is 2. The lowest BCUT2D eigenvalue weighted by Gasteiger charge is -2.38. The number of aryl methyl sites for hydroxylation is 2. The number of nitrogens with one attached hydrogen (secondary N) is 2. The molecule has 1 unspecified atom stereocenters. The molecule has 11 heteroatoms. The zero-order valence-electron chi connectivity index (χ0n) is 24.7. The Kier molecular flexibility index (Phi) is 8.92. The number of urea groups is 1. The summed E-state index contributed by atoms with van der Waals surface area (Å²) in [5.74, 6) is 1.71. The quantitative estimate of drug-likeness (QED) is 0.521. The second-order valence-electron chi connectivity index (χ2n) is 11.2. The summed E-state index contributed by atoms with van der Waals surface area (Å²) >= 11 is 0. The molecule has 218 valence electrons. The maximum Gasteiger partial charge on any atom is 0.330 e. The monoisotopic (exact) mass is 554 g/mol. The number of anilines is 3. The third-order valence-electron chi connectivity index (χ3n) is 7.15. The number of aromatic nitrogens is 1. The van der Waals surface area contributed by atoms with E-state index in [2.05, 4.69) is 15.5 Å². The summed E-state index contributed by atoms with van der Waals surface area (Å²) in [6.45, 7) is 13.6. The van der Waals surface area contributed by atoms with Crippen molar-refractivity contribution < 1.29 is 23.8 Å². The Morgan fingerprint density at radius 1 is 0.975 bits per heavy atom. The minimum Gasteiger partial charge on any atom is -0.497 e. The largest absolute Gasteiger partial charge is 0.497 e. The second kappa shape index (κ2) is 12.2. The van der Waals surface area contributed by atoms with Crippen molar-refractivity contribution in [3.05, 3.63) is 35.5 Å². The number of carbonyl (C=O) groups is 2. The Morgan fingerprint density at radius 2 is 1.62 bits per heavy atom. The molecule has 2 aromatic rings. The van der Waals surface area contributed by atoms with Crippen molar-refractivity contribution >= 4 is 29.2 Å². The molecule has 0 radical (unpaired) electrons. The van der Waals surface area contributed by atoms with Gasteiger partial charge in [-0.25, -0.2) is 14.6 Å². The molecule has 0 aliphatic carbocycles. The normalized spacial score (nSPS) is 17.9. The molecule has 2 aliphatic heterocycles. The lowest BCUT2D eigenvalue weighted by molar-refractivity contribution is -0.156. The summed E-state index contributed by atoms with van der Waals surface area (Å²) < 4.78 is 16.5. The predicted molar refractivity (Wildman–Crippen MR) is 156 cm³/mol. The highest BCUT2D eigenvalue weighted by Crippen LogP contribution is 2.31. The number of nitrogens with zero attached hydrogens (tertiary/aromatic N) is 4. The van der Waals surface area contributed by atoms with E-state index in [0.29, 0.717) is 57.3 Å². The van der Waals surface area contributed by atoms with E-state index in [9.17, 15) is 9.59 Å². The first-order valence-corrected chi connectivity index (χ1v) is 13.7. The molecule has 40 heavy (non-hydrogen) atoms. The fourth-order valence-corrected chi connectivity index (χ4v) is 4.88. The molecule has 1 atom stereocenters. The summed E-state index contributed by atoms with van der Waals surface area (Å²) in [7, 11) is 3.26. The van der Waals surface area contributed by atoms with Crippen molar-refractivity contribution in [2.24, 2.45) is 0 Å². The van der Waals surface area contributed by atoms with Crippen LogP contribution in [-0.2, 0) is 9.53 Å². The molecule has 1 aromatic carbocycles. The van der Waals surface area contributed by atoms with Gasteiger partial charge in [0, 0.05) is 75.4 Å². The van der Waals surface area contributed by atoms with E-state index in [1.807, 2.05) is 63.8 Å². The molecule has 3 heterocycles. The topological polar surface area (TPSA) is 109 Å². The van der Waals surface area contributed by atoms with Crippen LogP contribution < -0.4 is 29.9 Å². The molecule has 2 amide bonds. The van der Waals surface area contributed by atoms with Gasteiger partial charge in [0.15, 0.2) is 5.82 Å². The molecular formula is C29H42N6O5.